The van der Waals surface area contributed by atoms with E-state index in [0.29, 0.717) is 12.5 Å². The smallest absolute Gasteiger partial charge is 0.264 e. The summed E-state index contributed by atoms with van der Waals surface area (Å²) >= 11 is 4.99. The lowest BCUT2D eigenvalue weighted by Gasteiger charge is -2.37. The van der Waals surface area contributed by atoms with E-state index in [-0.39, 0.29) is 11.9 Å². The van der Waals surface area contributed by atoms with Gasteiger partial charge >= 0.3 is 0 Å². The van der Waals surface area contributed by atoms with Crippen molar-refractivity contribution in [3.63, 3.8) is 0 Å². The average Bonchev–Trinajstić information content (AvgIpc) is 2.68. The first-order chi connectivity index (χ1) is 8.52. The van der Waals surface area contributed by atoms with Gasteiger partial charge in [0.2, 0.25) is 0 Å². The van der Waals surface area contributed by atoms with Crippen LogP contribution in [-0.4, -0.2) is 29.9 Å². The summed E-state index contributed by atoms with van der Waals surface area (Å²) in [6.45, 7) is 5.63. The molecule has 0 aromatic carbocycles. The van der Waals surface area contributed by atoms with Crippen molar-refractivity contribution in [3.05, 3.63) is 20.3 Å². The number of piperidine rings is 1. The number of nitrogens with zero attached hydrogens (tertiary/aromatic N) is 1. The molecular weight excluding hydrogens is 312 g/mol. The number of thiophene rings is 1. The second kappa shape index (κ2) is 5.72. The van der Waals surface area contributed by atoms with Gasteiger partial charge in [0.1, 0.15) is 0 Å². The molecule has 0 saturated carbocycles. The van der Waals surface area contributed by atoms with Crippen molar-refractivity contribution in [1.29, 1.82) is 0 Å². The molecule has 1 aliphatic rings. The van der Waals surface area contributed by atoms with Gasteiger partial charge in [0.25, 0.3) is 5.91 Å². The van der Waals surface area contributed by atoms with E-state index in [2.05, 4.69) is 22.9 Å². The Morgan fingerprint density at radius 2 is 2.39 bits per heavy atom. The summed E-state index contributed by atoms with van der Waals surface area (Å²) in [6.07, 6.45) is 2.10. The molecule has 2 atom stereocenters. The second-order valence-corrected chi connectivity index (χ2v) is 7.46. The Hall–Kier alpha value is -0.390. The Kier molecular flexibility index (Phi) is 4.45. The molecule has 0 bridgehead atoms. The Bertz CT molecular complexity index is 427. The molecule has 2 unspecified atom stereocenters. The van der Waals surface area contributed by atoms with Gasteiger partial charge in [-0.15, -0.1) is 11.3 Å². The molecule has 1 amide bonds. The maximum absolute atomic E-state index is 12.5. The molecule has 2 N–H and O–H groups in total. The number of carbonyl (C=O) groups excluding carboxylic acids is 1. The van der Waals surface area contributed by atoms with Crippen LogP contribution in [0.3, 0.4) is 0 Å². The molecule has 1 fully saturated rings. The van der Waals surface area contributed by atoms with E-state index in [1.807, 2.05) is 17.9 Å². The van der Waals surface area contributed by atoms with Crippen molar-refractivity contribution < 1.29 is 4.79 Å². The van der Waals surface area contributed by atoms with E-state index < -0.39 is 0 Å². The van der Waals surface area contributed by atoms with E-state index in [1.165, 1.54) is 11.3 Å². The van der Waals surface area contributed by atoms with Crippen LogP contribution in [0.4, 0.5) is 0 Å². The number of carbonyl (C=O) groups is 1. The Morgan fingerprint density at radius 3 is 2.94 bits per heavy atom. The summed E-state index contributed by atoms with van der Waals surface area (Å²) in [5.41, 5.74) is 6.93. The first-order valence-corrected chi connectivity index (χ1v) is 7.90. The molecule has 100 valence electrons. The number of hydrogen-bond donors (Lipinski definition) is 1. The maximum Gasteiger partial charge on any atom is 0.264 e. The van der Waals surface area contributed by atoms with Gasteiger partial charge in [-0.1, -0.05) is 6.92 Å². The fourth-order valence-corrected chi connectivity index (χ4v) is 3.94. The van der Waals surface area contributed by atoms with Crippen LogP contribution in [0.5, 0.6) is 0 Å². The van der Waals surface area contributed by atoms with Crippen molar-refractivity contribution in [1.82, 2.24) is 4.90 Å². The molecule has 5 heteroatoms. The highest BCUT2D eigenvalue weighted by atomic mass is 79.9. The second-order valence-electron chi connectivity index (χ2n) is 5.08. The minimum absolute atomic E-state index is 0.135. The lowest BCUT2D eigenvalue weighted by atomic mass is 9.92. The summed E-state index contributed by atoms with van der Waals surface area (Å²) < 4.78 is 1.04. The number of aryl methyl sites for hydroxylation is 1. The first-order valence-electron chi connectivity index (χ1n) is 6.30. The fourth-order valence-electron chi connectivity index (χ4n) is 2.45. The number of halogens is 1. The van der Waals surface area contributed by atoms with Crippen molar-refractivity contribution in [3.8, 4) is 0 Å². The molecule has 18 heavy (non-hydrogen) atoms. The van der Waals surface area contributed by atoms with Gasteiger partial charge in [-0.3, -0.25) is 4.79 Å². The van der Waals surface area contributed by atoms with E-state index in [0.717, 1.165) is 33.6 Å². The molecule has 0 spiro atoms. The molecule has 1 saturated heterocycles. The van der Waals surface area contributed by atoms with Gasteiger partial charge in [0, 0.05) is 19.1 Å². The molecule has 2 rings (SSSR count). The molecule has 2 heterocycles. The third-order valence-corrected chi connectivity index (χ3v) is 5.70. The van der Waals surface area contributed by atoms with Gasteiger partial charge in [0.15, 0.2) is 0 Å². The van der Waals surface area contributed by atoms with Crippen LogP contribution >= 0.6 is 27.3 Å². The third kappa shape index (κ3) is 2.78. The lowest BCUT2D eigenvalue weighted by molar-refractivity contribution is 0.0578. The summed E-state index contributed by atoms with van der Waals surface area (Å²) in [4.78, 5) is 15.3. The standard InChI is InChI=1S/C13H19BrN2OS/c1-8-3-4-16(10(5-8)7-15)13(17)11-6-9(2)12(14)18-11/h6,8,10H,3-5,7,15H2,1-2H3. The Labute approximate surface area is 120 Å². The number of rotatable bonds is 2. The average molecular weight is 331 g/mol. The lowest BCUT2D eigenvalue weighted by Crippen LogP contribution is -2.49. The third-order valence-electron chi connectivity index (χ3n) is 3.58. The number of nitrogens with two attached hydrogens (primary N) is 1. The minimum Gasteiger partial charge on any atom is -0.334 e. The highest BCUT2D eigenvalue weighted by Crippen LogP contribution is 2.30. The van der Waals surface area contributed by atoms with Crippen LogP contribution in [-0.2, 0) is 0 Å². The summed E-state index contributed by atoms with van der Waals surface area (Å²) in [5.74, 6) is 0.801. The Balaban J connectivity index is 2.17. The topological polar surface area (TPSA) is 46.3 Å². The number of amides is 1. The summed E-state index contributed by atoms with van der Waals surface area (Å²) in [6, 6.07) is 2.16. The van der Waals surface area contributed by atoms with Crippen LogP contribution < -0.4 is 5.73 Å². The van der Waals surface area contributed by atoms with E-state index in [4.69, 9.17) is 5.73 Å². The molecule has 1 aromatic rings. The zero-order chi connectivity index (χ0) is 13.3. The Morgan fingerprint density at radius 1 is 1.67 bits per heavy atom. The molecular formula is C13H19BrN2OS. The van der Waals surface area contributed by atoms with Crippen LogP contribution in [0, 0.1) is 12.8 Å². The van der Waals surface area contributed by atoms with Crippen molar-refractivity contribution in [2.24, 2.45) is 11.7 Å². The van der Waals surface area contributed by atoms with E-state index in [1.54, 1.807) is 0 Å². The van der Waals surface area contributed by atoms with Crippen LogP contribution in [0.1, 0.15) is 35.0 Å². The SMILES string of the molecule is Cc1cc(C(=O)N2CCC(C)CC2CN)sc1Br. The number of likely N-dealkylation sites (tertiary alicyclic amines) is 1. The zero-order valence-electron chi connectivity index (χ0n) is 10.8. The molecule has 0 radical (unpaired) electrons. The van der Waals surface area contributed by atoms with Crippen LogP contribution in [0.15, 0.2) is 9.85 Å². The summed E-state index contributed by atoms with van der Waals surface area (Å²) in [5, 5.41) is 0. The van der Waals surface area contributed by atoms with E-state index >= 15 is 0 Å². The predicted octanol–water partition coefficient (Wildman–Crippen LogP) is 3.02. The highest BCUT2D eigenvalue weighted by Gasteiger charge is 2.30. The monoisotopic (exact) mass is 330 g/mol. The normalized spacial score (nSPS) is 24.3. The molecule has 0 aliphatic carbocycles. The van der Waals surface area contributed by atoms with Crippen molar-refractivity contribution >= 4 is 33.2 Å². The number of hydrogen-bond acceptors (Lipinski definition) is 3. The van der Waals surface area contributed by atoms with Gasteiger partial charge in [0.05, 0.1) is 8.66 Å². The summed E-state index contributed by atoms with van der Waals surface area (Å²) in [7, 11) is 0. The molecule has 1 aliphatic heterocycles. The quantitative estimate of drug-likeness (QED) is 0.905. The first kappa shape index (κ1) is 14.0. The van der Waals surface area contributed by atoms with Gasteiger partial charge in [-0.25, -0.2) is 0 Å². The van der Waals surface area contributed by atoms with Gasteiger partial charge in [-0.2, -0.15) is 0 Å². The highest BCUT2D eigenvalue weighted by molar-refractivity contribution is 9.11. The maximum atomic E-state index is 12.5. The van der Waals surface area contributed by atoms with Crippen LogP contribution in [0.25, 0.3) is 0 Å². The van der Waals surface area contributed by atoms with Crippen molar-refractivity contribution in [2.75, 3.05) is 13.1 Å². The minimum atomic E-state index is 0.135. The zero-order valence-corrected chi connectivity index (χ0v) is 13.2. The van der Waals surface area contributed by atoms with Crippen LogP contribution in [0.2, 0.25) is 0 Å². The van der Waals surface area contributed by atoms with Crippen molar-refractivity contribution in [2.45, 2.75) is 32.7 Å². The van der Waals surface area contributed by atoms with Gasteiger partial charge in [-0.05, 0) is 53.2 Å². The molecule has 1 aromatic heterocycles. The largest absolute Gasteiger partial charge is 0.334 e. The molecule has 3 nitrogen and oxygen atoms in total. The predicted molar refractivity (Wildman–Crippen MR) is 79.0 cm³/mol. The van der Waals surface area contributed by atoms with E-state index in [9.17, 15) is 4.79 Å². The fraction of sp³-hybridized carbons (Fsp3) is 0.615. The van der Waals surface area contributed by atoms with Gasteiger partial charge < -0.3 is 10.6 Å².